The van der Waals surface area contributed by atoms with Gasteiger partial charge in [-0.25, -0.2) is 4.79 Å². The van der Waals surface area contributed by atoms with Crippen LogP contribution in [-0.4, -0.2) is 28.2 Å². The molecule has 0 aromatic rings. The summed E-state index contributed by atoms with van der Waals surface area (Å²) in [4.78, 5) is 11.2. The van der Waals surface area contributed by atoms with E-state index in [0.717, 1.165) is 0 Å². The second-order valence-corrected chi connectivity index (χ2v) is 5.42. The highest BCUT2D eigenvalue weighted by molar-refractivity contribution is 8.24. The lowest BCUT2D eigenvalue weighted by Gasteiger charge is -2.21. The topological polar surface area (TPSA) is 38.3 Å². The molecular weight excluding hydrogens is 194 g/mol. The highest BCUT2D eigenvalue weighted by Gasteiger charge is 2.43. The molecule has 1 heterocycles. The quantitative estimate of drug-likeness (QED) is 0.509. The maximum absolute atomic E-state index is 11.2. The summed E-state index contributed by atoms with van der Waals surface area (Å²) in [6.45, 7) is 3.93. The minimum absolute atomic E-state index is 0.204. The number of rotatable bonds is 1. The largest absolute Gasteiger partial charge is 0.467 e. The molecule has 0 amide bonds. The summed E-state index contributed by atoms with van der Waals surface area (Å²) in [5.74, 6) is -0.257. The SMILES string of the molecule is COC(=O)C1NC(=S)SC1(C)C. The number of hydrogen-bond donors (Lipinski definition) is 1. The molecule has 0 spiro atoms. The molecular formula is C7H11NO2S2. The molecule has 0 bridgehead atoms. The predicted molar refractivity (Wildman–Crippen MR) is 53.2 cm³/mol. The Morgan fingerprint density at radius 2 is 2.33 bits per heavy atom. The number of thioether (sulfide) groups is 1. The second kappa shape index (κ2) is 3.22. The molecule has 3 nitrogen and oxygen atoms in total. The number of carbonyl (C=O) groups excluding carboxylic acids is 1. The van der Waals surface area contributed by atoms with Crippen LogP contribution in [0.4, 0.5) is 0 Å². The molecule has 1 aliphatic rings. The van der Waals surface area contributed by atoms with Crippen LogP contribution < -0.4 is 5.32 Å². The van der Waals surface area contributed by atoms with Gasteiger partial charge in [-0.15, -0.1) is 0 Å². The third-order valence-electron chi connectivity index (χ3n) is 1.75. The van der Waals surface area contributed by atoms with Gasteiger partial charge in [0, 0.05) is 4.75 Å². The maximum atomic E-state index is 11.2. The number of nitrogens with one attached hydrogen (secondary N) is 1. The standard InChI is InChI=1S/C7H11NO2S2/c1-7(2)4(5(9)10-3)8-6(11)12-7/h4H,1-3H3,(H,8,11). The van der Waals surface area contributed by atoms with Crippen molar-refractivity contribution in [3.8, 4) is 0 Å². The van der Waals surface area contributed by atoms with Crippen LogP contribution in [0.3, 0.4) is 0 Å². The minimum Gasteiger partial charge on any atom is -0.467 e. The van der Waals surface area contributed by atoms with E-state index in [1.54, 1.807) is 0 Å². The maximum Gasteiger partial charge on any atom is 0.329 e. The van der Waals surface area contributed by atoms with Gasteiger partial charge in [-0.1, -0.05) is 24.0 Å². The van der Waals surface area contributed by atoms with Crippen LogP contribution in [0, 0.1) is 0 Å². The summed E-state index contributed by atoms with van der Waals surface area (Å²) in [5, 5.41) is 2.91. The normalized spacial score (nSPS) is 26.6. The molecule has 12 heavy (non-hydrogen) atoms. The summed E-state index contributed by atoms with van der Waals surface area (Å²) in [5.41, 5.74) is 0. The zero-order valence-corrected chi connectivity index (χ0v) is 8.84. The average molecular weight is 205 g/mol. The highest BCUT2D eigenvalue weighted by Crippen LogP contribution is 2.35. The van der Waals surface area contributed by atoms with Crippen LogP contribution in [-0.2, 0) is 9.53 Å². The van der Waals surface area contributed by atoms with Crippen molar-refractivity contribution in [2.24, 2.45) is 0 Å². The summed E-state index contributed by atoms with van der Waals surface area (Å²) in [7, 11) is 1.38. The molecule has 0 saturated carbocycles. The molecule has 0 aliphatic carbocycles. The Hall–Kier alpha value is -0.290. The van der Waals surface area contributed by atoms with Gasteiger partial charge in [-0.3, -0.25) is 0 Å². The van der Waals surface area contributed by atoms with E-state index in [2.05, 4.69) is 10.1 Å². The van der Waals surface area contributed by atoms with Gasteiger partial charge in [-0.05, 0) is 13.8 Å². The van der Waals surface area contributed by atoms with Crippen molar-refractivity contribution in [3.63, 3.8) is 0 Å². The third-order valence-corrected chi connectivity index (χ3v) is 3.18. The number of carbonyl (C=O) groups is 1. The van der Waals surface area contributed by atoms with E-state index in [4.69, 9.17) is 12.2 Å². The summed E-state index contributed by atoms with van der Waals surface area (Å²) in [6, 6.07) is -0.319. The number of methoxy groups -OCH3 is 1. The first-order chi connectivity index (χ1) is 5.47. The van der Waals surface area contributed by atoms with Crippen molar-refractivity contribution in [1.82, 2.24) is 5.32 Å². The fourth-order valence-corrected chi connectivity index (χ4v) is 2.77. The van der Waals surface area contributed by atoms with E-state index in [9.17, 15) is 4.79 Å². The van der Waals surface area contributed by atoms with Gasteiger partial charge in [0.1, 0.15) is 10.4 Å². The molecule has 1 aliphatic heterocycles. The molecule has 1 N–H and O–H groups in total. The molecule has 1 fully saturated rings. The lowest BCUT2D eigenvalue weighted by Crippen LogP contribution is -2.44. The molecule has 1 rings (SSSR count). The Kier molecular flexibility index (Phi) is 2.63. The van der Waals surface area contributed by atoms with Gasteiger partial charge in [0.05, 0.1) is 7.11 Å². The average Bonchev–Trinajstić information content (AvgIpc) is 2.23. The van der Waals surface area contributed by atoms with Gasteiger partial charge in [0.15, 0.2) is 0 Å². The summed E-state index contributed by atoms with van der Waals surface area (Å²) >= 11 is 6.45. The monoisotopic (exact) mass is 205 g/mol. The van der Waals surface area contributed by atoms with Gasteiger partial charge >= 0.3 is 5.97 Å². The van der Waals surface area contributed by atoms with E-state index >= 15 is 0 Å². The van der Waals surface area contributed by atoms with Crippen molar-refractivity contribution in [2.75, 3.05) is 7.11 Å². The van der Waals surface area contributed by atoms with E-state index in [1.807, 2.05) is 13.8 Å². The van der Waals surface area contributed by atoms with E-state index in [-0.39, 0.29) is 16.8 Å². The molecule has 0 radical (unpaired) electrons. The molecule has 0 aromatic heterocycles. The fourth-order valence-electron chi connectivity index (χ4n) is 1.08. The first-order valence-electron chi connectivity index (χ1n) is 3.54. The minimum atomic E-state index is -0.319. The smallest absolute Gasteiger partial charge is 0.329 e. The van der Waals surface area contributed by atoms with Gasteiger partial charge in [-0.2, -0.15) is 0 Å². The molecule has 1 atom stereocenters. The van der Waals surface area contributed by atoms with Crippen LogP contribution in [0.2, 0.25) is 0 Å². The van der Waals surface area contributed by atoms with Gasteiger partial charge in [0.2, 0.25) is 0 Å². The van der Waals surface area contributed by atoms with Crippen LogP contribution in [0.1, 0.15) is 13.8 Å². The van der Waals surface area contributed by atoms with E-state index in [1.165, 1.54) is 18.9 Å². The third kappa shape index (κ3) is 1.72. The Bertz CT molecular complexity index is 227. The lowest BCUT2D eigenvalue weighted by atomic mass is 10.0. The zero-order chi connectivity index (χ0) is 9.35. The second-order valence-electron chi connectivity index (χ2n) is 3.09. The Morgan fingerprint density at radius 1 is 1.75 bits per heavy atom. The van der Waals surface area contributed by atoms with Crippen molar-refractivity contribution >= 4 is 34.3 Å². The Balaban J connectivity index is 2.78. The van der Waals surface area contributed by atoms with Crippen molar-refractivity contribution in [3.05, 3.63) is 0 Å². The number of ether oxygens (including phenoxy) is 1. The predicted octanol–water partition coefficient (Wildman–Crippen LogP) is 0.928. The lowest BCUT2D eigenvalue weighted by molar-refractivity contribution is -0.143. The molecule has 1 unspecified atom stereocenters. The van der Waals surface area contributed by atoms with Crippen LogP contribution in [0.5, 0.6) is 0 Å². The van der Waals surface area contributed by atoms with Crippen LogP contribution >= 0.6 is 24.0 Å². The first kappa shape index (κ1) is 9.80. The Labute approximate surface area is 81.2 Å². The fraction of sp³-hybridized carbons (Fsp3) is 0.714. The molecule has 5 heteroatoms. The van der Waals surface area contributed by atoms with E-state index in [0.29, 0.717) is 4.32 Å². The zero-order valence-electron chi connectivity index (χ0n) is 7.21. The summed E-state index contributed by atoms with van der Waals surface area (Å²) in [6.07, 6.45) is 0. The highest BCUT2D eigenvalue weighted by atomic mass is 32.2. The van der Waals surface area contributed by atoms with Crippen molar-refractivity contribution < 1.29 is 9.53 Å². The van der Waals surface area contributed by atoms with Gasteiger partial charge in [0.25, 0.3) is 0 Å². The first-order valence-corrected chi connectivity index (χ1v) is 4.77. The molecule has 1 saturated heterocycles. The van der Waals surface area contributed by atoms with Crippen LogP contribution in [0.15, 0.2) is 0 Å². The van der Waals surface area contributed by atoms with Crippen LogP contribution in [0.25, 0.3) is 0 Å². The Morgan fingerprint density at radius 3 is 2.67 bits per heavy atom. The number of thiocarbonyl (C=S) groups is 1. The van der Waals surface area contributed by atoms with Crippen molar-refractivity contribution in [1.29, 1.82) is 0 Å². The molecule has 0 aromatic carbocycles. The van der Waals surface area contributed by atoms with E-state index < -0.39 is 0 Å². The summed E-state index contributed by atoms with van der Waals surface area (Å²) < 4.78 is 5.10. The van der Waals surface area contributed by atoms with Gasteiger partial charge < -0.3 is 10.1 Å². The van der Waals surface area contributed by atoms with Crippen molar-refractivity contribution in [2.45, 2.75) is 24.6 Å². The number of esters is 1. The number of hydrogen-bond acceptors (Lipinski definition) is 4. The molecule has 68 valence electrons.